The molecule has 17 heavy (non-hydrogen) atoms. The van der Waals surface area contributed by atoms with E-state index in [1.807, 2.05) is 0 Å². The lowest BCUT2D eigenvalue weighted by Crippen LogP contribution is -2.58. The maximum Gasteiger partial charge on any atom is 0.418 e. The van der Waals surface area contributed by atoms with Gasteiger partial charge in [0.05, 0.1) is 6.54 Å². The van der Waals surface area contributed by atoms with Crippen LogP contribution in [0, 0.1) is 0 Å². The van der Waals surface area contributed by atoms with E-state index in [0.29, 0.717) is 5.06 Å². The van der Waals surface area contributed by atoms with Gasteiger partial charge in [0, 0.05) is 6.54 Å². The molecule has 0 spiro atoms. The van der Waals surface area contributed by atoms with Gasteiger partial charge in [-0.1, -0.05) is 0 Å². The van der Waals surface area contributed by atoms with Crippen LogP contribution in [0.3, 0.4) is 0 Å². The van der Waals surface area contributed by atoms with Gasteiger partial charge in [-0.05, 0) is 13.3 Å². The molecule has 3 N–H and O–H groups in total. The van der Waals surface area contributed by atoms with Gasteiger partial charge < -0.3 is 10.6 Å². The summed E-state index contributed by atoms with van der Waals surface area (Å²) in [7, 11) is -4.76. The first-order valence-corrected chi connectivity index (χ1v) is 6.17. The maximum atomic E-state index is 11.7. The molecule has 0 radical (unpaired) electrons. The number of nitrogens with zero attached hydrogens (tertiary/aromatic N) is 2. The first kappa shape index (κ1) is 13.7. The van der Waals surface area contributed by atoms with E-state index in [2.05, 4.69) is 4.28 Å². The van der Waals surface area contributed by atoms with E-state index in [-0.39, 0.29) is 19.5 Å². The van der Waals surface area contributed by atoms with Gasteiger partial charge in [0.25, 0.3) is 0 Å². The molecule has 0 aromatic carbocycles. The third-order valence-corrected chi connectivity index (χ3v) is 2.66. The Kier molecular flexibility index (Phi) is 3.91. The van der Waals surface area contributed by atoms with Gasteiger partial charge in [-0.25, -0.2) is 4.79 Å². The number of primary amides is 1. The van der Waals surface area contributed by atoms with Crippen LogP contribution in [0.5, 0.6) is 0 Å². The second kappa shape index (κ2) is 4.85. The zero-order valence-corrected chi connectivity index (χ0v) is 9.88. The van der Waals surface area contributed by atoms with Crippen molar-refractivity contribution in [3.63, 3.8) is 0 Å². The van der Waals surface area contributed by atoms with Crippen LogP contribution in [-0.2, 0) is 19.5 Å². The molecule has 1 aliphatic heterocycles. The smallest absolute Gasteiger partial charge is 0.368 e. The summed E-state index contributed by atoms with van der Waals surface area (Å²) < 4.78 is 33.5. The Bertz CT molecular complexity index is 421. The Morgan fingerprint density at radius 1 is 1.65 bits per heavy atom. The zero-order chi connectivity index (χ0) is 13.2. The fourth-order valence-electron chi connectivity index (χ4n) is 1.60. The molecule has 1 rings (SSSR count). The molecular weight excluding hydrogens is 254 g/mol. The second-order valence-electron chi connectivity index (χ2n) is 3.38. The van der Waals surface area contributed by atoms with E-state index < -0.39 is 28.4 Å². The standard InChI is InChI=1S/C7H13N3O6S/c1-2-9-5(6(8)11)3-4-10(7(9)12)16-17(13,14)15/h5H,2-4H2,1H3,(H2,8,11)(H,13,14,15)/t5-/m0/s1. The fraction of sp³-hybridized carbons (Fsp3) is 0.714. The second-order valence-corrected chi connectivity index (χ2v) is 4.38. The number of hydrogen-bond acceptors (Lipinski definition) is 5. The van der Waals surface area contributed by atoms with E-state index in [1.165, 1.54) is 0 Å². The van der Waals surface area contributed by atoms with Crippen LogP contribution in [0.15, 0.2) is 0 Å². The van der Waals surface area contributed by atoms with Crippen molar-refractivity contribution < 1.29 is 26.8 Å². The number of likely N-dealkylation sites (N-methyl/N-ethyl adjacent to an activating group) is 1. The third kappa shape index (κ3) is 3.28. The van der Waals surface area contributed by atoms with E-state index in [9.17, 15) is 18.0 Å². The average Bonchev–Trinajstić information content (AvgIpc) is 2.18. The van der Waals surface area contributed by atoms with E-state index >= 15 is 0 Å². The SMILES string of the molecule is CCN1C(=O)N(OS(=O)(=O)O)CC[C@H]1C(N)=O. The molecule has 0 aromatic rings. The molecule has 0 aromatic heterocycles. The normalized spacial score (nSPS) is 21.8. The van der Waals surface area contributed by atoms with Crippen molar-refractivity contribution in [2.24, 2.45) is 5.73 Å². The number of hydrogen-bond donors (Lipinski definition) is 2. The minimum Gasteiger partial charge on any atom is -0.368 e. The number of rotatable bonds is 4. The number of amides is 3. The quantitative estimate of drug-likeness (QED) is 0.610. The van der Waals surface area contributed by atoms with Crippen LogP contribution in [0.4, 0.5) is 4.79 Å². The summed E-state index contributed by atoms with van der Waals surface area (Å²) >= 11 is 0. The highest BCUT2D eigenvalue weighted by Gasteiger charge is 2.37. The molecule has 9 nitrogen and oxygen atoms in total. The third-order valence-electron chi connectivity index (χ3n) is 2.29. The lowest BCUT2D eigenvalue weighted by atomic mass is 10.1. The maximum absolute atomic E-state index is 11.7. The number of hydroxylamine groups is 2. The van der Waals surface area contributed by atoms with Gasteiger partial charge in [0.15, 0.2) is 0 Å². The lowest BCUT2D eigenvalue weighted by Gasteiger charge is -2.37. The highest BCUT2D eigenvalue weighted by Crippen LogP contribution is 2.17. The topological polar surface area (TPSA) is 130 Å². The van der Waals surface area contributed by atoms with Gasteiger partial charge in [-0.2, -0.15) is 13.5 Å². The number of nitrogens with two attached hydrogens (primary N) is 1. The minimum absolute atomic E-state index is 0.129. The van der Waals surface area contributed by atoms with Crippen molar-refractivity contribution in [3.05, 3.63) is 0 Å². The van der Waals surface area contributed by atoms with Crippen molar-refractivity contribution in [2.45, 2.75) is 19.4 Å². The van der Waals surface area contributed by atoms with E-state index in [1.54, 1.807) is 6.92 Å². The van der Waals surface area contributed by atoms with Gasteiger partial charge in [-0.3, -0.25) is 9.35 Å². The molecule has 10 heteroatoms. The summed E-state index contributed by atoms with van der Waals surface area (Å²) in [6, 6.07) is -1.63. The Labute approximate surface area is 98.0 Å². The molecular formula is C7H13N3O6S. The minimum atomic E-state index is -4.76. The molecule has 1 heterocycles. The first-order chi connectivity index (χ1) is 7.76. The van der Waals surface area contributed by atoms with Crippen LogP contribution < -0.4 is 5.73 Å². The highest BCUT2D eigenvalue weighted by molar-refractivity contribution is 7.80. The number of urea groups is 1. The fourth-order valence-corrected chi connectivity index (χ4v) is 1.97. The van der Waals surface area contributed by atoms with Crippen LogP contribution in [0.2, 0.25) is 0 Å². The van der Waals surface area contributed by atoms with E-state index in [0.717, 1.165) is 4.90 Å². The summed E-state index contributed by atoms with van der Waals surface area (Å²) in [5.74, 6) is -0.674. The van der Waals surface area contributed by atoms with Crippen LogP contribution in [0.25, 0.3) is 0 Å². The van der Waals surface area contributed by atoms with Crippen LogP contribution in [0.1, 0.15) is 13.3 Å². The zero-order valence-electron chi connectivity index (χ0n) is 9.07. The van der Waals surface area contributed by atoms with Gasteiger partial charge >= 0.3 is 16.4 Å². The van der Waals surface area contributed by atoms with Gasteiger partial charge in [-0.15, -0.1) is 4.28 Å². The van der Waals surface area contributed by atoms with Gasteiger partial charge in [0.1, 0.15) is 6.04 Å². The molecule has 1 aliphatic rings. The van der Waals surface area contributed by atoms with Crippen molar-refractivity contribution >= 4 is 22.3 Å². The molecule has 0 aliphatic carbocycles. The molecule has 0 saturated carbocycles. The molecule has 0 unspecified atom stereocenters. The molecule has 0 bridgehead atoms. The summed E-state index contributed by atoms with van der Waals surface area (Å²) in [6.45, 7) is 1.62. The van der Waals surface area contributed by atoms with Crippen molar-refractivity contribution in [1.82, 2.24) is 9.96 Å². The Hall–Kier alpha value is -1.39. The molecule has 98 valence electrons. The van der Waals surface area contributed by atoms with E-state index in [4.69, 9.17) is 10.3 Å². The molecule has 1 saturated heterocycles. The predicted octanol–water partition coefficient (Wildman–Crippen LogP) is -1.28. The summed E-state index contributed by atoms with van der Waals surface area (Å²) in [5, 5.41) is 0.471. The van der Waals surface area contributed by atoms with Gasteiger partial charge in [0.2, 0.25) is 5.91 Å². The summed E-state index contributed by atoms with van der Waals surface area (Å²) in [6.07, 6.45) is 0.129. The highest BCUT2D eigenvalue weighted by atomic mass is 32.3. The first-order valence-electron chi connectivity index (χ1n) is 4.80. The Morgan fingerprint density at radius 2 is 2.24 bits per heavy atom. The van der Waals surface area contributed by atoms with Crippen LogP contribution in [-0.4, -0.2) is 54.0 Å². The Balaban J connectivity index is 2.84. The number of carbonyl (C=O) groups is 2. The van der Waals surface area contributed by atoms with Crippen molar-refractivity contribution in [1.29, 1.82) is 0 Å². The molecule has 1 atom stereocenters. The van der Waals surface area contributed by atoms with Crippen molar-refractivity contribution in [3.8, 4) is 0 Å². The van der Waals surface area contributed by atoms with Crippen LogP contribution >= 0.6 is 0 Å². The predicted molar refractivity (Wildman–Crippen MR) is 54.7 cm³/mol. The lowest BCUT2D eigenvalue weighted by molar-refractivity contribution is -0.126. The summed E-state index contributed by atoms with van der Waals surface area (Å²) in [5.41, 5.74) is 5.11. The molecule has 3 amide bonds. The molecule has 1 fully saturated rings. The largest absolute Gasteiger partial charge is 0.418 e. The van der Waals surface area contributed by atoms with Crippen molar-refractivity contribution in [2.75, 3.05) is 13.1 Å². The monoisotopic (exact) mass is 267 g/mol. The Morgan fingerprint density at radius 3 is 2.65 bits per heavy atom. The summed E-state index contributed by atoms with van der Waals surface area (Å²) in [4.78, 5) is 23.8. The number of carbonyl (C=O) groups excluding carboxylic acids is 2. The average molecular weight is 267 g/mol.